The molecule has 1 aromatic carbocycles. The van der Waals surface area contributed by atoms with Gasteiger partial charge < -0.3 is 14.7 Å². The van der Waals surface area contributed by atoms with Gasteiger partial charge in [0.05, 0.1) is 5.41 Å². The van der Waals surface area contributed by atoms with Crippen LogP contribution >= 0.6 is 15.9 Å². The summed E-state index contributed by atoms with van der Waals surface area (Å²) >= 11 is 3.29. The molecule has 2 rings (SSSR count). The number of piperidine rings is 1. The Labute approximate surface area is 155 Å². The lowest BCUT2D eigenvalue weighted by atomic mass is 9.75. The molecule has 1 N–H and O–H groups in total. The van der Waals surface area contributed by atoms with Crippen LogP contribution < -0.4 is 0 Å². The quantitative estimate of drug-likeness (QED) is 0.801. The molecule has 5 nitrogen and oxygen atoms in total. The van der Waals surface area contributed by atoms with E-state index in [1.54, 1.807) is 32.9 Å². The molecule has 1 aliphatic rings. The van der Waals surface area contributed by atoms with Gasteiger partial charge in [-0.1, -0.05) is 15.9 Å². The average Bonchev–Trinajstić information content (AvgIpc) is 2.49. The van der Waals surface area contributed by atoms with E-state index in [9.17, 15) is 19.1 Å². The van der Waals surface area contributed by atoms with Gasteiger partial charge in [-0.2, -0.15) is 0 Å². The Bertz CT molecular complexity index is 674. The first-order chi connectivity index (χ1) is 11.5. The van der Waals surface area contributed by atoms with Gasteiger partial charge in [0.25, 0.3) is 0 Å². The highest BCUT2D eigenvalue weighted by Crippen LogP contribution is 2.36. The molecular formula is C18H23BrFNO4. The number of hydrogen-bond acceptors (Lipinski definition) is 3. The first-order valence-electron chi connectivity index (χ1n) is 8.18. The molecule has 0 spiro atoms. The molecule has 0 radical (unpaired) electrons. The zero-order valence-electron chi connectivity index (χ0n) is 14.6. The number of carbonyl (C=O) groups excluding carboxylic acids is 1. The van der Waals surface area contributed by atoms with Crippen LogP contribution in [0.15, 0.2) is 22.7 Å². The fraction of sp³-hybridized carbons (Fsp3) is 0.556. The minimum Gasteiger partial charge on any atom is -0.481 e. The monoisotopic (exact) mass is 415 g/mol. The number of halogens is 2. The van der Waals surface area contributed by atoms with Crippen LogP contribution in [0, 0.1) is 11.2 Å². The van der Waals surface area contributed by atoms with Gasteiger partial charge in [0.2, 0.25) is 0 Å². The van der Waals surface area contributed by atoms with Gasteiger partial charge in [-0.25, -0.2) is 9.18 Å². The van der Waals surface area contributed by atoms with Crippen LogP contribution in [-0.2, 0) is 16.0 Å². The van der Waals surface area contributed by atoms with Crippen molar-refractivity contribution in [1.82, 2.24) is 4.90 Å². The lowest BCUT2D eigenvalue weighted by Gasteiger charge is -2.40. The lowest BCUT2D eigenvalue weighted by molar-refractivity contribution is -0.152. The molecule has 25 heavy (non-hydrogen) atoms. The van der Waals surface area contributed by atoms with E-state index >= 15 is 0 Å². The fourth-order valence-corrected chi connectivity index (χ4v) is 3.46. The molecule has 138 valence electrons. The van der Waals surface area contributed by atoms with E-state index in [1.807, 2.05) is 0 Å². The van der Waals surface area contributed by atoms with E-state index in [-0.39, 0.29) is 13.0 Å². The molecular weight excluding hydrogens is 393 g/mol. The normalized spacial score (nSPS) is 21.1. The van der Waals surface area contributed by atoms with Crippen molar-refractivity contribution in [1.29, 1.82) is 0 Å². The molecule has 0 aliphatic carbocycles. The van der Waals surface area contributed by atoms with Crippen LogP contribution in [-0.4, -0.2) is 40.8 Å². The summed E-state index contributed by atoms with van der Waals surface area (Å²) in [6.07, 6.45) is 0.398. The number of aliphatic carboxylic acids is 1. The Kier molecular flexibility index (Phi) is 5.76. The number of rotatable bonds is 3. The SMILES string of the molecule is CC(C)(C)OC(=O)N1CCCC(Cc2cc(Br)ccc2F)(C(=O)O)C1. The molecule has 1 aliphatic heterocycles. The zero-order valence-corrected chi connectivity index (χ0v) is 16.2. The highest BCUT2D eigenvalue weighted by Gasteiger charge is 2.45. The van der Waals surface area contributed by atoms with Crippen LogP contribution in [0.3, 0.4) is 0 Å². The number of carboxylic acid groups (broad SMARTS) is 1. The van der Waals surface area contributed by atoms with Crippen LogP contribution in [0.4, 0.5) is 9.18 Å². The third-order valence-corrected chi connectivity index (χ3v) is 4.71. The molecule has 7 heteroatoms. The second-order valence-electron chi connectivity index (χ2n) is 7.50. The Hall–Kier alpha value is -1.63. The Balaban J connectivity index is 2.25. The van der Waals surface area contributed by atoms with Crippen LogP contribution in [0.5, 0.6) is 0 Å². The van der Waals surface area contributed by atoms with Gasteiger partial charge in [-0.05, 0) is 63.8 Å². The summed E-state index contributed by atoms with van der Waals surface area (Å²) in [5.41, 5.74) is -1.56. The van der Waals surface area contributed by atoms with Gasteiger partial charge >= 0.3 is 12.1 Å². The Morgan fingerprint density at radius 1 is 1.40 bits per heavy atom. The molecule has 0 aromatic heterocycles. The maximum absolute atomic E-state index is 14.1. The van der Waals surface area contributed by atoms with Crippen molar-refractivity contribution in [3.63, 3.8) is 0 Å². The van der Waals surface area contributed by atoms with E-state index in [4.69, 9.17) is 4.74 Å². The van der Waals surface area contributed by atoms with Gasteiger partial charge in [-0.3, -0.25) is 4.79 Å². The van der Waals surface area contributed by atoms with Gasteiger partial charge in [0.15, 0.2) is 0 Å². The molecule has 1 atom stereocenters. The van der Waals surface area contributed by atoms with Crippen LogP contribution in [0.25, 0.3) is 0 Å². The van der Waals surface area contributed by atoms with E-state index in [1.165, 1.54) is 11.0 Å². The van der Waals surface area contributed by atoms with Crippen molar-refractivity contribution < 1.29 is 23.8 Å². The number of benzene rings is 1. The van der Waals surface area contributed by atoms with Crippen molar-refractivity contribution >= 4 is 28.0 Å². The number of likely N-dealkylation sites (tertiary alicyclic amines) is 1. The van der Waals surface area contributed by atoms with E-state index in [2.05, 4.69) is 15.9 Å². The third kappa shape index (κ3) is 4.93. The van der Waals surface area contributed by atoms with Crippen molar-refractivity contribution in [3.8, 4) is 0 Å². The van der Waals surface area contributed by atoms with Crippen LogP contribution in [0.2, 0.25) is 0 Å². The molecule has 1 unspecified atom stereocenters. The molecule has 1 amide bonds. The molecule has 1 saturated heterocycles. The fourth-order valence-electron chi connectivity index (χ4n) is 3.05. The zero-order chi connectivity index (χ0) is 18.8. The predicted octanol–water partition coefficient (Wildman–Crippen LogP) is 4.23. The topological polar surface area (TPSA) is 66.8 Å². The standard InChI is InChI=1S/C18H23BrFNO4/c1-17(2,3)25-16(24)21-8-4-7-18(11-21,15(22)23)10-12-9-13(19)5-6-14(12)20/h5-6,9H,4,7-8,10-11H2,1-3H3,(H,22,23). The summed E-state index contributed by atoms with van der Waals surface area (Å²) in [6, 6.07) is 4.47. The van der Waals surface area contributed by atoms with Crippen LogP contribution in [0.1, 0.15) is 39.2 Å². The van der Waals surface area contributed by atoms with E-state index in [0.717, 1.165) is 0 Å². The summed E-state index contributed by atoms with van der Waals surface area (Å²) < 4.78 is 20.2. The minimum absolute atomic E-state index is 0.00317. The van der Waals surface area contributed by atoms with E-state index < -0.39 is 28.9 Å². The number of carboxylic acids is 1. The molecule has 0 bridgehead atoms. The predicted molar refractivity (Wildman–Crippen MR) is 94.9 cm³/mol. The number of nitrogens with zero attached hydrogens (tertiary/aromatic N) is 1. The second kappa shape index (κ2) is 7.32. The van der Waals surface area contributed by atoms with Crippen molar-refractivity contribution in [2.24, 2.45) is 5.41 Å². The first-order valence-corrected chi connectivity index (χ1v) is 8.97. The van der Waals surface area contributed by atoms with Gasteiger partial charge in [-0.15, -0.1) is 0 Å². The Morgan fingerprint density at radius 2 is 2.08 bits per heavy atom. The first kappa shape index (κ1) is 19.7. The second-order valence-corrected chi connectivity index (χ2v) is 8.42. The number of amides is 1. The Morgan fingerprint density at radius 3 is 2.68 bits per heavy atom. The van der Waals surface area contributed by atoms with Gasteiger partial charge in [0.1, 0.15) is 11.4 Å². The largest absolute Gasteiger partial charge is 0.481 e. The molecule has 1 aromatic rings. The highest BCUT2D eigenvalue weighted by molar-refractivity contribution is 9.10. The third-order valence-electron chi connectivity index (χ3n) is 4.22. The summed E-state index contributed by atoms with van der Waals surface area (Å²) in [7, 11) is 0. The smallest absolute Gasteiger partial charge is 0.410 e. The molecule has 1 heterocycles. The summed E-state index contributed by atoms with van der Waals surface area (Å²) in [5.74, 6) is -1.47. The van der Waals surface area contributed by atoms with Crippen molar-refractivity contribution in [2.75, 3.05) is 13.1 Å². The highest BCUT2D eigenvalue weighted by atomic mass is 79.9. The van der Waals surface area contributed by atoms with Crippen molar-refractivity contribution in [2.45, 2.75) is 45.6 Å². The lowest BCUT2D eigenvalue weighted by Crippen LogP contribution is -2.52. The number of hydrogen-bond donors (Lipinski definition) is 1. The van der Waals surface area contributed by atoms with Crippen molar-refractivity contribution in [3.05, 3.63) is 34.1 Å². The van der Waals surface area contributed by atoms with Gasteiger partial charge in [0, 0.05) is 17.6 Å². The summed E-state index contributed by atoms with van der Waals surface area (Å²) in [4.78, 5) is 25.8. The molecule has 1 fully saturated rings. The maximum Gasteiger partial charge on any atom is 0.410 e. The van der Waals surface area contributed by atoms with E-state index in [0.29, 0.717) is 29.4 Å². The number of ether oxygens (including phenoxy) is 1. The maximum atomic E-state index is 14.1. The molecule has 0 saturated carbocycles. The summed E-state index contributed by atoms with van der Waals surface area (Å²) in [5, 5.41) is 9.83. The summed E-state index contributed by atoms with van der Waals surface area (Å²) in [6.45, 7) is 5.72. The minimum atomic E-state index is -1.23. The average molecular weight is 416 g/mol. The number of carbonyl (C=O) groups is 2.